The molecule has 0 unspecified atom stereocenters. The number of thioether (sulfide) groups is 1. The van der Waals surface area contributed by atoms with Gasteiger partial charge in [-0.2, -0.15) is 0 Å². The molecule has 0 aliphatic carbocycles. The van der Waals surface area contributed by atoms with Crippen LogP contribution in [-0.2, 0) is 10.5 Å². The maximum absolute atomic E-state index is 12.4. The van der Waals surface area contributed by atoms with Gasteiger partial charge in [0.2, 0.25) is 5.91 Å². The van der Waals surface area contributed by atoms with Crippen molar-refractivity contribution in [3.05, 3.63) is 83.4 Å². The molecule has 0 heterocycles. The van der Waals surface area contributed by atoms with E-state index < -0.39 is 0 Å². The molecule has 0 radical (unpaired) electrons. The SMILES string of the molecule is COc1ccc(CSCC(=O)Nc2cc(Cl)ccc2Oc2ccccc2)cc1. The van der Waals surface area contributed by atoms with Crippen LogP contribution in [0.15, 0.2) is 72.8 Å². The molecule has 1 amide bonds. The van der Waals surface area contributed by atoms with Crippen molar-refractivity contribution >= 4 is 35.0 Å². The van der Waals surface area contributed by atoms with Gasteiger partial charge >= 0.3 is 0 Å². The monoisotopic (exact) mass is 413 g/mol. The van der Waals surface area contributed by atoms with Crippen LogP contribution < -0.4 is 14.8 Å². The van der Waals surface area contributed by atoms with Crippen molar-refractivity contribution < 1.29 is 14.3 Å². The number of benzene rings is 3. The van der Waals surface area contributed by atoms with Crippen LogP contribution in [0, 0.1) is 0 Å². The fourth-order valence-electron chi connectivity index (χ4n) is 2.47. The Kier molecular flexibility index (Phi) is 7.23. The Labute approximate surface area is 173 Å². The van der Waals surface area contributed by atoms with Crippen LogP contribution in [0.25, 0.3) is 0 Å². The van der Waals surface area contributed by atoms with Crippen molar-refractivity contribution in [3.8, 4) is 17.2 Å². The zero-order chi connectivity index (χ0) is 19.8. The van der Waals surface area contributed by atoms with E-state index in [1.165, 1.54) is 11.8 Å². The average molecular weight is 414 g/mol. The molecule has 0 aromatic heterocycles. The first kappa shape index (κ1) is 20.1. The van der Waals surface area contributed by atoms with Gasteiger partial charge in [-0.15, -0.1) is 11.8 Å². The molecule has 0 atom stereocenters. The molecule has 0 bridgehead atoms. The second-order valence-corrected chi connectivity index (χ2v) is 7.37. The fraction of sp³-hybridized carbons (Fsp3) is 0.136. The summed E-state index contributed by atoms with van der Waals surface area (Å²) in [6, 6.07) is 22.4. The molecule has 0 saturated carbocycles. The zero-order valence-electron chi connectivity index (χ0n) is 15.4. The first-order chi connectivity index (χ1) is 13.6. The smallest absolute Gasteiger partial charge is 0.234 e. The maximum atomic E-state index is 12.4. The van der Waals surface area contributed by atoms with Gasteiger partial charge in [-0.3, -0.25) is 4.79 Å². The van der Waals surface area contributed by atoms with E-state index in [-0.39, 0.29) is 5.91 Å². The molecule has 0 aliphatic rings. The minimum absolute atomic E-state index is 0.112. The van der Waals surface area contributed by atoms with Crippen molar-refractivity contribution in [1.82, 2.24) is 0 Å². The zero-order valence-corrected chi connectivity index (χ0v) is 16.9. The number of carbonyl (C=O) groups excluding carboxylic acids is 1. The summed E-state index contributed by atoms with van der Waals surface area (Å²) in [5.74, 6) is 3.00. The van der Waals surface area contributed by atoms with Gasteiger partial charge in [-0.05, 0) is 48.0 Å². The van der Waals surface area contributed by atoms with Crippen LogP contribution in [0.1, 0.15) is 5.56 Å². The Morgan fingerprint density at radius 1 is 1.00 bits per heavy atom. The predicted octanol–water partition coefficient (Wildman–Crippen LogP) is 6.01. The van der Waals surface area contributed by atoms with Gasteiger partial charge in [0.15, 0.2) is 5.75 Å². The molecule has 3 aromatic rings. The molecular weight excluding hydrogens is 394 g/mol. The van der Waals surface area contributed by atoms with Crippen molar-refractivity contribution in [1.29, 1.82) is 0 Å². The van der Waals surface area contributed by atoms with Gasteiger partial charge in [0.25, 0.3) is 0 Å². The molecule has 3 rings (SSSR count). The van der Waals surface area contributed by atoms with Crippen molar-refractivity contribution in [3.63, 3.8) is 0 Å². The molecule has 0 saturated heterocycles. The van der Waals surface area contributed by atoms with E-state index in [2.05, 4.69) is 5.32 Å². The number of para-hydroxylation sites is 1. The molecule has 1 N–H and O–H groups in total. The van der Waals surface area contributed by atoms with E-state index in [4.69, 9.17) is 21.1 Å². The van der Waals surface area contributed by atoms with Gasteiger partial charge in [0.05, 0.1) is 18.6 Å². The number of anilines is 1. The molecule has 0 fully saturated rings. The molecule has 4 nitrogen and oxygen atoms in total. The van der Waals surface area contributed by atoms with Gasteiger partial charge in [-0.25, -0.2) is 0 Å². The first-order valence-electron chi connectivity index (χ1n) is 8.67. The number of ether oxygens (including phenoxy) is 2. The number of methoxy groups -OCH3 is 1. The Bertz CT molecular complexity index is 917. The maximum Gasteiger partial charge on any atom is 0.234 e. The van der Waals surface area contributed by atoms with Crippen LogP contribution in [0.4, 0.5) is 5.69 Å². The third kappa shape index (κ3) is 5.94. The van der Waals surface area contributed by atoms with Crippen LogP contribution in [0.5, 0.6) is 17.2 Å². The van der Waals surface area contributed by atoms with Gasteiger partial charge < -0.3 is 14.8 Å². The number of halogens is 1. The average Bonchev–Trinajstić information content (AvgIpc) is 2.71. The highest BCUT2D eigenvalue weighted by Crippen LogP contribution is 2.32. The Morgan fingerprint density at radius 2 is 1.75 bits per heavy atom. The summed E-state index contributed by atoms with van der Waals surface area (Å²) in [6.45, 7) is 0. The molecule has 144 valence electrons. The van der Waals surface area contributed by atoms with Gasteiger partial charge in [-0.1, -0.05) is 41.9 Å². The predicted molar refractivity (Wildman–Crippen MR) is 116 cm³/mol. The van der Waals surface area contributed by atoms with Crippen LogP contribution in [-0.4, -0.2) is 18.8 Å². The normalized spacial score (nSPS) is 10.4. The number of hydrogen-bond donors (Lipinski definition) is 1. The molecular formula is C22H20ClNO3S. The minimum atomic E-state index is -0.112. The van der Waals surface area contributed by atoms with E-state index in [1.807, 2.05) is 54.6 Å². The summed E-state index contributed by atoms with van der Waals surface area (Å²) in [5, 5.41) is 3.42. The third-order valence-electron chi connectivity index (χ3n) is 3.85. The summed E-state index contributed by atoms with van der Waals surface area (Å²) in [7, 11) is 1.64. The van der Waals surface area contributed by atoms with E-state index in [0.29, 0.717) is 28.0 Å². The largest absolute Gasteiger partial charge is 0.497 e. The Hall–Kier alpha value is -2.63. The first-order valence-corrected chi connectivity index (χ1v) is 10.2. The number of nitrogens with one attached hydrogen (secondary N) is 1. The standard InChI is InChI=1S/C22H20ClNO3S/c1-26-18-10-7-16(8-11-18)14-28-15-22(25)24-20-13-17(23)9-12-21(20)27-19-5-3-2-4-6-19/h2-13H,14-15H2,1H3,(H,24,25). The highest BCUT2D eigenvalue weighted by molar-refractivity contribution is 7.99. The molecule has 6 heteroatoms. The molecule has 0 aliphatic heterocycles. The van der Waals surface area contributed by atoms with Crippen LogP contribution in [0.3, 0.4) is 0 Å². The third-order valence-corrected chi connectivity index (χ3v) is 5.09. The number of amides is 1. The van der Waals surface area contributed by atoms with Crippen molar-refractivity contribution in [2.24, 2.45) is 0 Å². The number of rotatable bonds is 8. The summed E-state index contributed by atoms with van der Waals surface area (Å²) in [6.07, 6.45) is 0. The summed E-state index contributed by atoms with van der Waals surface area (Å²) in [5.41, 5.74) is 1.68. The van der Waals surface area contributed by atoms with E-state index in [1.54, 1.807) is 25.3 Å². The lowest BCUT2D eigenvalue weighted by molar-refractivity contribution is -0.113. The molecule has 0 spiro atoms. The van der Waals surface area contributed by atoms with Gasteiger partial charge in [0.1, 0.15) is 11.5 Å². The van der Waals surface area contributed by atoms with Crippen molar-refractivity contribution in [2.45, 2.75) is 5.75 Å². The second-order valence-electron chi connectivity index (χ2n) is 5.94. The Morgan fingerprint density at radius 3 is 2.46 bits per heavy atom. The van der Waals surface area contributed by atoms with Crippen molar-refractivity contribution in [2.75, 3.05) is 18.2 Å². The minimum Gasteiger partial charge on any atom is -0.497 e. The number of carbonyl (C=O) groups is 1. The van der Waals surface area contributed by atoms with Crippen LogP contribution in [0.2, 0.25) is 5.02 Å². The lowest BCUT2D eigenvalue weighted by Gasteiger charge is -2.13. The summed E-state index contributed by atoms with van der Waals surface area (Å²) >= 11 is 7.62. The summed E-state index contributed by atoms with van der Waals surface area (Å²) in [4.78, 5) is 12.4. The summed E-state index contributed by atoms with van der Waals surface area (Å²) < 4.78 is 11.0. The second kappa shape index (κ2) is 10.1. The highest BCUT2D eigenvalue weighted by atomic mass is 35.5. The van der Waals surface area contributed by atoms with Gasteiger partial charge in [0, 0.05) is 10.8 Å². The number of hydrogen-bond acceptors (Lipinski definition) is 4. The lowest BCUT2D eigenvalue weighted by atomic mass is 10.2. The quantitative estimate of drug-likeness (QED) is 0.491. The van der Waals surface area contributed by atoms with Crippen LogP contribution >= 0.6 is 23.4 Å². The highest BCUT2D eigenvalue weighted by Gasteiger charge is 2.10. The fourth-order valence-corrected chi connectivity index (χ4v) is 3.43. The molecule has 28 heavy (non-hydrogen) atoms. The van der Waals surface area contributed by atoms with E-state index >= 15 is 0 Å². The van der Waals surface area contributed by atoms with E-state index in [0.717, 1.165) is 17.1 Å². The topological polar surface area (TPSA) is 47.6 Å². The molecule has 3 aromatic carbocycles. The Balaban J connectivity index is 1.57. The van der Waals surface area contributed by atoms with E-state index in [9.17, 15) is 4.79 Å². The lowest BCUT2D eigenvalue weighted by Crippen LogP contribution is -2.14.